The van der Waals surface area contributed by atoms with Crippen molar-refractivity contribution in [2.24, 2.45) is 0 Å². The molecule has 180 valence electrons. The number of allylic oxidation sites excluding steroid dienone is 1. The lowest BCUT2D eigenvalue weighted by Gasteiger charge is -2.15. The molecule has 0 spiro atoms. The van der Waals surface area contributed by atoms with Crippen LogP contribution in [-0.2, 0) is 9.47 Å². The first-order valence-electron chi connectivity index (χ1n) is 11.6. The van der Waals surface area contributed by atoms with Gasteiger partial charge in [0.15, 0.2) is 13.6 Å². The molecule has 0 aliphatic heterocycles. The smallest absolute Gasteiger partial charge is 0.189 e. The van der Waals surface area contributed by atoms with Gasteiger partial charge in [-0.05, 0) is 81.8 Å². The van der Waals surface area contributed by atoms with Crippen LogP contribution in [0, 0.1) is 0 Å². The molecule has 0 aromatic heterocycles. The van der Waals surface area contributed by atoms with E-state index in [2.05, 4.69) is 42.5 Å². The third-order valence-corrected chi connectivity index (χ3v) is 4.78. The zero-order valence-corrected chi connectivity index (χ0v) is 20.4. The molecule has 2 aromatic rings. The Morgan fingerprint density at radius 3 is 1.94 bits per heavy atom. The standard InChI is InChI=1S/C28H38O5/c1-5-30-21-32-26-18-25(19-27(20-26)33-22-31-6-2)15-14-24-13-10-12-23(17-24)11-8-7-9-16-28(3,4)29/h8,10-15,17-20,29H,5-7,9,16,21-22H2,1-4H3. The SMILES string of the molecule is CCOCOc1cc(C=Cc2cccc(C=CCCCC(C)(C)O)c2)cc(OCOCC)c1. The van der Waals surface area contributed by atoms with Crippen LogP contribution in [0.4, 0.5) is 0 Å². The average Bonchev–Trinajstić information content (AvgIpc) is 2.77. The van der Waals surface area contributed by atoms with Crippen LogP contribution in [0.25, 0.3) is 18.2 Å². The van der Waals surface area contributed by atoms with E-state index in [-0.39, 0.29) is 13.6 Å². The van der Waals surface area contributed by atoms with Crippen LogP contribution >= 0.6 is 0 Å². The highest BCUT2D eigenvalue weighted by Gasteiger charge is 2.10. The number of unbranched alkanes of at least 4 members (excludes halogenated alkanes) is 1. The quantitative estimate of drug-likeness (QED) is 0.188. The second-order valence-corrected chi connectivity index (χ2v) is 8.36. The van der Waals surface area contributed by atoms with Crippen LogP contribution < -0.4 is 9.47 Å². The molecule has 0 saturated heterocycles. The normalized spacial score (nSPS) is 12.0. The van der Waals surface area contributed by atoms with Gasteiger partial charge in [-0.15, -0.1) is 0 Å². The monoisotopic (exact) mass is 454 g/mol. The van der Waals surface area contributed by atoms with Gasteiger partial charge in [0.1, 0.15) is 11.5 Å². The Balaban J connectivity index is 2.06. The van der Waals surface area contributed by atoms with Gasteiger partial charge < -0.3 is 24.1 Å². The van der Waals surface area contributed by atoms with Crippen molar-refractivity contribution in [3.8, 4) is 11.5 Å². The van der Waals surface area contributed by atoms with Crippen molar-refractivity contribution in [2.45, 2.75) is 52.6 Å². The molecular weight excluding hydrogens is 416 g/mol. The van der Waals surface area contributed by atoms with E-state index >= 15 is 0 Å². The third kappa shape index (κ3) is 11.7. The van der Waals surface area contributed by atoms with Gasteiger partial charge in [-0.25, -0.2) is 0 Å². The number of rotatable bonds is 15. The minimum absolute atomic E-state index is 0.193. The zero-order chi connectivity index (χ0) is 23.9. The predicted molar refractivity (Wildman–Crippen MR) is 135 cm³/mol. The summed E-state index contributed by atoms with van der Waals surface area (Å²) in [7, 11) is 0. The fourth-order valence-electron chi connectivity index (χ4n) is 3.07. The third-order valence-electron chi connectivity index (χ3n) is 4.78. The first-order chi connectivity index (χ1) is 15.9. The maximum atomic E-state index is 9.81. The van der Waals surface area contributed by atoms with Crippen LogP contribution in [0.2, 0.25) is 0 Å². The van der Waals surface area contributed by atoms with Gasteiger partial charge in [-0.3, -0.25) is 0 Å². The summed E-state index contributed by atoms with van der Waals surface area (Å²) in [6.07, 6.45) is 11.1. The van der Waals surface area contributed by atoms with Gasteiger partial charge in [-0.1, -0.05) is 42.5 Å². The van der Waals surface area contributed by atoms with Gasteiger partial charge in [0.25, 0.3) is 0 Å². The summed E-state index contributed by atoms with van der Waals surface area (Å²) < 4.78 is 22.0. The molecule has 0 bridgehead atoms. The number of hydrogen-bond acceptors (Lipinski definition) is 5. The Morgan fingerprint density at radius 1 is 0.788 bits per heavy atom. The Kier molecular flexibility index (Phi) is 11.7. The highest BCUT2D eigenvalue weighted by molar-refractivity contribution is 5.72. The number of hydrogen-bond donors (Lipinski definition) is 1. The average molecular weight is 455 g/mol. The Labute approximate surface area is 198 Å². The molecule has 0 unspecified atom stereocenters. The minimum atomic E-state index is -0.599. The molecule has 0 aliphatic carbocycles. The molecule has 0 aliphatic rings. The molecule has 0 atom stereocenters. The molecule has 5 nitrogen and oxygen atoms in total. The minimum Gasteiger partial charge on any atom is -0.467 e. The predicted octanol–water partition coefficient (Wildman–Crippen LogP) is 6.56. The largest absolute Gasteiger partial charge is 0.467 e. The summed E-state index contributed by atoms with van der Waals surface area (Å²) in [5.74, 6) is 1.36. The van der Waals surface area contributed by atoms with Gasteiger partial charge >= 0.3 is 0 Å². The van der Waals surface area contributed by atoms with Crippen LogP contribution in [0.15, 0.2) is 48.5 Å². The summed E-state index contributed by atoms with van der Waals surface area (Å²) in [4.78, 5) is 0. The van der Waals surface area contributed by atoms with E-state index in [9.17, 15) is 5.11 Å². The molecule has 0 amide bonds. The molecule has 2 rings (SSSR count). The number of aliphatic hydroxyl groups is 1. The van der Waals surface area contributed by atoms with E-state index < -0.39 is 5.60 Å². The maximum Gasteiger partial charge on any atom is 0.189 e. The maximum absolute atomic E-state index is 9.81. The highest BCUT2D eigenvalue weighted by atomic mass is 16.7. The lowest BCUT2D eigenvalue weighted by Crippen LogP contribution is -2.17. The molecule has 0 heterocycles. The number of ether oxygens (including phenoxy) is 4. The van der Waals surface area contributed by atoms with Gasteiger partial charge in [0.2, 0.25) is 0 Å². The van der Waals surface area contributed by atoms with E-state index in [4.69, 9.17) is 18.9 Å². The highest BCUT2D eigenvalue weighted by Crippen LogP contribution is 2.25. The van der Waals surface area contributed by atoms with Crippen molar-refractivity contribution in [3.63, 3.8) is 0 Å². The van der Waals surface area contributed by atoms with Gasteiger partial charge in [0.05, 0.1) is 5.60 Å². The Morgan fingerprint density at radius 2 is 1.36 bits per heavy atom. The van der Waals surface area contributed by atoms with Crippen molar-refractivity contribution in [1.29, 1.82) is 0 Å². The van der Waals surface area contributed by atoms with Crippen molar-refractivity contribution in [1.82, 2.24) is 0 Å². The van der Waals surface area contributed by atoms with Gasteiger partial charge in [-0.2, -0.15) is 0 Å². The van der Waals surface area contributed by atoms with Crippen molar-refractivity contribution in [3.05, 3.63) is 65.2 Å². The summed E-state index contributed by atoms with van der Waals surface area (Å²) in [6, 6.07) is 14.1. The van der Waals surface area contributed by atoms with E-state index in [1.54, 1.807) is 0 Å². The second kappa shape index (κ2) is 14.5. The van der Waals surface area contributed by atoms with E-state index in [1.165, 1.54) is 0 Å². The Hall–Kier alpha value is -2.60. The molecule has 0 saturated carbocycles. The first kappa shape index (κ1) is 26.7. The van der Waals surface area contributed by atoms with Crippen LogP contribution in [0.1, 0.15) is 63.6 Å². The molecule has 0 radical (unpaired) electrons. The van der Waals surface area contributed by atoms with Crippen LogP contribution in [-0.4, -0.2) is 37.5 Å². The van der Waals surface area contributed by atoms with E-state index in [1.807, 2.05) is 52.0 Å². The topological polar surface area (TPSA) is 57.2 Å². The van der Waals surface area contributed by atoms with E-state index in [0.717, 1.165) is 36.0 Å². The molecule has 2 aromatic carbocycles. The zero-order valence-electron chi connectivity index (χ0n) is 20.4. The molecule has 1 N–H and O–H groups in total. The van der Waals surface area contributed by atoms with Crippen molar-refractivity contribution >= 4 is 18.2 Å². The molecule has 33 heavy (non-hydrogen) atoms. The molecular formula is C28H38O5. The van der Waals surface area contributed by atoms with Crippen LogP contribution in [0.5, 0.6) is 11.5 Å². The van der Waals surface area contributed by atoms with Crippen molar-refractivity contribution in [2.75, 3.05) is 26.8 Å². The summed E-state index contributed by atoms with van der Waals surface area (Å²) in [5.41, 5.74) is 2.61. The summed E-state index contributed by atoms with van der Waals surface area (Å²) >= 11 is 0. The summed E-state index contributed by atoms with van der Waals surface area (Å²) in [5, 5.41) is 9.81. The molecule has 5 heteroatoms. The fraction of sp³-hybridized carbons (Fsp3) is 0.429. The fourth-order valence-corrected chi connectivity index (χ4v) is 3.07. The second-order valence-electron chi connectivity index (χ2n) is 8.36. The molecule has 0 fully saturated rings. The first-order valence-corrected chi connectivity index (χ1v) is 11.6. The summed E-state index contributed by atoms with van der Waals surface area (Å²) in [6.45, 7) is 9.13. The van der Waals surface area contributed by atoms with Crippen LogP contribution in [0.3, 0.4) is 0 Å². The van der Waals surface area contributed by atoms with E-state index in [0.29, 0.717) is 24.7 Å². The van der Waals surface area contributed by atoms with Gasteiger partial charge in [0, 0.05) is 19.3 Å². The Bertz CT molecular complexity index is 852. The number of benzene rings is 2. The lowest BCUT2D eigenvalue weighted by molar-refractivity contribution is 0.0182. The lowest BCUT2D eigenvalue weighted by atomic mass is 10.0. The van der Waals surface area contributed by atoms with Crippen molar-refractivity contribution < 1.29 is 24.1 Å².